The molecule has 0 spiro atoms. The molecule has 0 unspecified atom stereocenters. The fourth-order valence-corrected chi connectivity index (χ4v) is 15.4. The van der Waals surface area contributed by atoms with Crippen LogP contribution in [0.15, 0.2) is 364 Å². The maximum Gasteiger partial charge on any atom is 0.0719 e. The Bertz CT molecular complexity index is 5670. The van der Waals surface area contributed by atoms with Crippen LogP contribution in [0, 0.1) is 0 Å². The van der Waals surface area contributed by atoms with Crippen molar-refractivity contribution in [2.24, 2.45) is 0 Å². The van der Waals surface area contributed by atoms with E-state index in [1.165, 1.54) is 161 Å². The van der Waals surface area contributed by atoms with Crippen LogP contribution in [0.5, 0.6) is 0 Å². The van der Waals surface area contributed by atoms with Crippen molar-refractivity contribution in [3.8, 4) is 100 Å². The van der Waals surface area contributed by atoms with Gasteiger partial charge in [0.05, 0.1) is 38.9 Å². The topological polar surface area (TPSA) is 9.86 Å². The molecule has 434 valence electrons. The van der Waals surface area contributed by atoms with Crippen molar-refractivity contribution < 1.29 is 0 Å². The summed E-state index contributed by atoms with van der Waals surface area (Å²) < 4.78 is 4.90. The van der Waals surface area contributed by atoms with E-state index < -0.39 is 5.41 Å². The number of hydrogen-bond donors (Lipinski definition) is 0. The Hall–Kier alpha value is -12.1. The van der Waals surface area contributed by atoms with Gasteiger partial charge < -0.3 is 9.13 Å². The molecule has 0 saturated heterocycles. The minimum Gasteiger partial charge on any atom is -0.309 e. The van der Waals surface area contributed by atoms with Crippen molar-refractivity contribution in [3.05, 3.63) is 386 Å². The van der Waals surface area contributed by atoms with Gasteiger partial charge in [-0.05, 0) is 155 Å². The van der Waals surface area contributed by atoms with Crippen molar-refractivity contribution >= 4 is 43.6 Å². The molecule has 2 aromatic heterocycles. The lowest BCUT2D eigenvalue weighted by atomic mass is 9.65. The average molecular weight is 1180 g/mol. The lowest BCUT2D eigenvalue weighted by Crippen LogP contribution is -2.29. The van der Waals surface area contributed by atoms with Crippen molar-refractivity contribution in [3.63, 3.8) is 0 Å². The predicted octanol–water partition coefficient (Wildman–Crippen LogP) is 23.9. The quantitative estimate of drug-likeness (QED) is 0.122. The van der Waals surface area contributed by atoms with E-state index in [0.29, 0.717) is 0 Å². The average Bonchev–Trinajstić information content (AvgIpc) is 1.58. The number of rotatable bonds is 11. The third-order valence-electron chi connectivity index (χ3n) is 19.7. The Kier molecular flexibility index (Phi) is 12.8. The van der Waals surface area contributed by atoms with Crippen molar-refractivity contribution in [1.82, 2.24) is 9.13 Å². The summed E-state index contributed by atoms with van der Waals surface area (Å²) in [6.07, 6.45) is 0. The van der Waals surface area contributed by atoms with E-state index in [1.807, 2.05) is 0 Å². The van der Waals surface area contributed by atoms with Gasteiger partial charge in [-0.15, -0.1) is 0 Å². The van der Waals surface area contributed by atoms with Gasteiger partial charge in [-0.2, -0.15) is 0 Å². The standard InChI is InChI=1S/C91H60N2/c1-3-22-61(23-4-1)62-46-50-67(51-47-62)73-28-7-14-35-82(73)91(83-36-15-8-31-76(83)77-32-9-16-37-84(77)91)72-27-21-26-69(58-72)65-44-42-63(43-45-65)64-48-52-68(53-49-64)75-30-11-18-39-86(75)93-88-41-20-13-34-79(88)81-60-71(55-57-90(81)93)70-54-56-89-80(59-70)78-33-12-19-40-87(78)92(89)85-38-17-10-29-74(85)66-24-5-2-6-25-66/h1-60H. The lowest BCUT2D eigenvalue weighted by Gasteiger charge is -2.36. The third kappa shape index (κ3) is 8.79. The van der Waals surface area contributed by atoms with Crippen molar-refractivity contribution in [2.45, 2.75) is 5.41 Å². The predicted molar refractivity (Wildman–Crippen MR) is 390 cm³/mol. The summed E-state index contributed by atoms with van der Waals surface area (Å²) in [7, 11) is 0. The second kappa shape index (κ2) is 22.1. The summed E-state index contributed by atoms with van der Waals surface area (Å²) in [6.45, 7) is 0. The molecule has 1 aliphatic carbocycles. The van der Waals surface area contributed by atoms with Crippen molar-refractivity contribution in [2.75, 3.05) is 0 Å². The van der Waals surface area contributed by atoms with Crippen LogP contribution >= 0.6 is 0 Å². The molecule has 0 bridgehead atoms. The van der Waals surface area contributed by atoms with E-state index in [1.54, 1.807) is 0 Å². The molecule has 0 atom stereocenters. The van der Waals surface area contributed by atoms with Crippen LogP contribution < -0.4 is 0 Å². The van der Waals surface area contributed by atoms with Gasteiger partial charge in [0.15, 0.2) is 0 Å². The highest BCUT2D eigenvalue weighted by atomic mass is 15.0. The second-order valence-electron chi connectivity index (χ2n) is 24.6. The minimum atomic E-state index is -0.581. The van der Waals surface area contributed by atoms with Crippen LogP contribution in [0.4, 0.5) is 0 Å². The van der Waals surface area contributed by atoms with Crippen molar-refractivity contribution in [1.29, 1.82) is 0 Å². The van der Waals surface area contributed by atoms with Gasteiger partial charge in [0, 0.05) is 32.7 Å². The van der Waals surface area contributed by atoms with Gasteiger partial charge in [-0.25, -0.2) is 0 Å². The SMILES string of the molecule is c1ccc(-c2ccc(-c3ccccc3C3(c4cccc(-c5ccc(-c6ccc(-c7ccccc7-n7c8ccccc8c8cc(-c9ccc%10c(c9)c9ccccc9n%10-c9ccccc9-c9ccccc9)ccc87)cc6)cc5)c4)c4ccccc4-c4ccccc43)cc2)cc1. The zero-order valence-corrected chi connectivity index (χ0v) is 51.0. The molecule has 18 rings (SSSR count). The molecule has 0 saturated carbocycles. The van der Waals surface area contributed by atoms with E-state index >= 15 is 0 Å². The van der Waals surface area contributed by atoms with E-state index in [0.717, 1.165) is 5.69 Å². The largest absolute Gasteiger partial charge is 0.309 e. The van der Waals surface area contributed by atoms with Crippen LogP contribution in [0.2, 0.25) is 0 Å². The second-order valence-corrected chi connectivity index (χ2v) is 24.6. The number of nitrogens with zero attached hydrogens (tertiary/aromatic N) is 2. The van der Waals surface area contributed by atoms with Crippen LogP contribution in [0.3, 0.4) is 0 Å². The summed E-state index contributed by atoms with van der Waals surface area (Å²) in [4.78, 5) is 0. The Balaban J connectivity index is 0.669. The highest BCUT2D eigenvalue weighted by molar-refractivity contribution is 6.13. The van der Waals surface area contributed by atoms with Gasteiger partial charge >= 0.3 is 0 Å². The highest BCUT2D eigenvalue weighted by Gasteiger charge is 2.47. The Labute approximate surface area is 541 Å². The molecule has 2 heteroatoms. The fourth-order valence-electron chi connectivity index (χ4n) is 15.4. The summed E-state index contributed by atoms with van der Waals surface area (Å²) in [5.74, 6) is 0. The fraction of sp³-hybridized carbons (Fsp3) is 0.0110. The van der Waals surface area contributed by atoms with Crippen LogP contribution in [0.25, 0.3) is 144 Å². The number of benzene rings is 15. The first kappa shape index (κ1) is 53.9. The summed E-state index contributed by atoms with van der Waals surface area (Å²) >= 11 is 0. The first-order valence-corrected chi connectivity index (χ1v) is 32.2. The molecule has 93 heavy (non-hydrogen) atoms. The molecular weight excluding hydrogens is 1120 g/mol. The molecule has 2 nitrogen and oxygen atoms in total. The summed E-state index contributed by atoms with van der Waals surface area (Å²) in [5, 5.41) is 4.92. The van der Waals surface area contributed by atoms with Crippen LogP contribution in [-0.2, 0) is 5.41 Å². The summed E-state index contributed by atoms with van der Waals surface area (Å²) in [5.41, 5.74) is 30.8. The normalized spacial score (nSPS) is 12.4. The smallest absolute Gasteiger partial charge is 0.0719 e. The summed E-state index contributed by atoms with van der Waals surface area (Å²) in [6, 6.07) is 135. The van der Waals surface area contributed by atoms with E-state index in [2.05, 4.69) is 373 Å². The molecule has 2 heterocycles. The zero-order chi connectivity index (χ0) is 61.4. The molecule has 1 aliphatic rings. The van der Waals surface area contributed by atoms with Gasteiger partial charge in [0.2, 0.25) is 0 Å². The molecule has 0 aliphatic heterocycles. The number of hydrogen-bond acceptors (Lipinski definition) is 0. The van der Waals surface area contributed by atoms with Crippen LogP contribution in [0.1, 0.15) is 22.3 Å². The molecular formula is C91H60N2. The zero-order valence-electron chi connectivity index (χ0n) is 51.0. The van der Waals surface area contributed by atoms with Gasteiger partial charge in [0.1, 0.15) is 0 Å². The monoisotopic (exact) mass is 1180 g/mol. The van der Waals surface area contributed by atoms with Crippen LogP contribution in [-0.4, -0.2) is 9.13 Å². The Morgan fingerprint density at radius 1 is 0.172 bits per heavy atom. The number of fused-ring (bicyclic) bond motifs is 9. The molecule has 0 N–H and O–H groups in total. The van der Waals surface area contributed by atoms with Gasteiger partial charge in [-0.3, -0.25) is 0 Å². The first-order chi connectivity index (χ1) is 46.1. The highest BCUT2D eigenvalue weighted by Crippen LogP contribution is 2.58. The third-order valence-corrected chi connectivity index (χ3v) is 19.7. The number of para-hydroxylation sites is 4. The lowest BCUT2D eigenvalue weighted by molar-refractivity contribution is 0.771. The maximum absolute atomic E-state index is 2.46. The maximum atomic E-state index is 2.46. The van der Waals surface area contributed by atoms with E-state index in [4.69, 9.17) is 0 Å². The Morgan fingerprint density at radius 3 is 0.968 bits per heavy atom. The molecule has 0 fully saturated rings. The molecule has 17 aromatic rings. The first-order valence-electron chi connectivity index (χ1n) is 32.2. The Morgan fingerprint density at radius 2 is 0.473 bits per heavy atom. The van der Waals surface area contributed by atoms with E-state index in [9.17, 15) is 0 Å². The minimum absolute atomic E-state index is 0.581. The van der Waals surface area contributed by atoms with Gasteiger partial charge in [0.25, 0.3) is 0 Å². The molecule has 0 radical (unpaired) electrons. The van der Waals surface area contributed by atoms with E-state index in [-0.39, 0.29) is 0 Å². The molecule has 0 amide bonds. The van der Waals surface area contributed by atoms with Gasteiger partial charge in [-0.1, -0.05) is 309 Å². The number of aromatic nitrogens is 2. The molecule has 15 aromatic carbocycles.